The third kappa shape index (κ3) is 3.36. The Labute approximate surface area is 185 Å². The average Bonchev–Trinajstić information content (AvgIpc) is 3.47. The third-order valence-electron chi connectivity index (χ3n) is 5.94. The van der Waals surface area contributed by atoms with Gasteiger partial charge >= 0.3 is 0 Å². The minimum atomic E-state index is 0.300. The first kappa shape index (κ1) is 18.9. The van der Waals surface area contributed by atoms with Crippen molar-refractivity contribution in [2.24, 2.45) is 0 Å². The number of fused-ring (bicyclic) bond motifs is 2. The van der Waals surface area contributed by atoms with Crippen LogP contribution in [-0.2, 0) is 6.54 Å². The van der Waals surface area contributed by atoms with E-state index in [9.17, 15) is 0 Å². The number of nitrogens with zero attached hydrogens (tertiary/aromatic N) is 6. The Balaban J connectivity index is 1.19. The molecule has 0 unspecified atom stereocenters. The second kappa shape index (κ2) is 7.69. The van der Waals surface area contributed by atoms with Crippen LogP contribution in [0.5, 0.6) is 11.5 Å². The lowest BCUT2D eigenvalue weighted by molar-refractivity contribution is 0.174. The first-order chi connectivity index (χ1) is 15.7. The number of benzene rings is 2. The zero-order valence-corrected chi connectivity index (χ0v) is 17.5. The van der Waals surface area contributed by atoms with Crippen LogP contribution in [0, 0.1) is 0 Å². The number of imidazole rings is 1. The molecule has 1 saturated heterocycles. The molecule has 2 N–H and O–H groups in total. The van der Waals surface area contributed by atoms with Gasteiger partial charge < -0.3 is 20.1 Å². The third-order valence-corrected chi connectivity index (χ3v) is 5.94. The van der Waals surface area contributed by atoms with Gasteiger partial charge in [-0.05, 0) is 29.8 Å². The number of piperazine rings is 1. The summed E-state index contributed by atoms with van der Waals surface area (Å²) in [5, 5.41) is 0. The molecule has 4 heterocycles. The maximum Gasteiger partial charge on any atom is 0.231 e. The second-order valence-electron chi connectivity index (χ2n) is 7.98. The van der Waals surface area contributed by atoms with Gasteiger partial charge in [0.05, 0.1) is 0 Å². The topological polar surface area (TPSA) is 94.6 Å². The van der Waals surface area contributed by atoms with Crippen molar-refractivity contribution in [1.29, 1.82) is 0 Å². The number of hydrogen-bond acceptors (Lipinski definition) is 8. The molecule has 4 aromatic rings. The highest BCUT2D eigenvalue weighted by Crippen LogP contribution is 2.33. The molecule has 9 nitrogen and oxygen atoms in total. The highest BCUT2D eigenvalue weighted by Gasteiger charge is 2.22. The molecule has 0 bridgehead atoms. The van der Waals surface area contributed by atoms with Crippen LogP contribution in [0.15, 0.2) is 54.9 Å². The number of nitrogens with two attached hydrogens (primary N) is 1. The molecule has 0 aliphatic carbocycles. The quantitative estimate of drug-likeness (QED) is 0.529. The van der Waals surface area contributed by atoms with Gasteiger partial charge in [0.15, 0.2) is 28.5 Å². The van der Waals surface area contributed by atoms with E-state index < -0.39 is 0 Å². The fourth-order valence-corrected chi connectivity index (χ4v) is 4.23. The van der Waals surface area contributed by atoms with Gasteiger partial charge in [-0.3, -0.25) is 9.47 Å². The first-order valence-electron chi connectivity index (χ1n) is 10.7. The minimum Gasteiger partial charge on any atom is -0.454 e. The van der Waals surface area contributed by atoms with Gasteiger partial charge in [0.2, 0.25) is 12.7 Å². The summed E-state index contributed by atoms with van der Waals surface area (Å²) in [5.74, 6) is 2.70. The summed E-state index contributed by atoms with van der Waals surface area (Å²) >= 11 is 0. The molecule has 1 fully saturated rings. The molecule has 6 rings (SSSR count). The summed E-state index contributed by atoms with van der Waals surface area (Å²) < 4.78 is 12.9. The molecule has 2 aliphatic rings. The molecule has 2 aliphatic heterocycles. The fourth-order valence-electron chi connectivity index (χ4n) is 4.23. The number of nitrogen functional groups attached to an aromatic ring is 1. The van der Waals surface area contributed by atoms with Crippen molar-refractivity contribution >= 4 is 22.9 Å². The van der Waals surface area contributed by atoms with Crippen LogP contribution in [0.3, 0.4) is 0 Å². The van der Waals surface area contributed by atoms with E-state index in [1.54, 1.807) is 6.33 Å². The van der Waals surface area contributed by atoms with Crippen LogP contribution in [0.25, 0.3) is 16.9 Å². The molecular weight excluding hydrogens is 406 g/mol. The first-order valence-corrected chi connectivity index (χ1v) is 10.7. The highest BCUT2D eigenvalue weighted by molar-refractivity contribution is 5.84. The zero-order chi connectivity index (χ0) is 21.5. The van der Waals surface area contributed by atoms with E-state index in [0.29, 0.717) is 24.1 Å². The molecule has 2 aromatic heterocycles. The summed E-state index contributed by atoms with van der Waals surface area (Å²) in [6.07, 6.45) is 1.75. The molecule has 162 valence electrons. The average molecular weight is 429 g/mol. The van der Waals surface area contributed by atoms with E-state index >= 15 is 0 Å². The van der Waals surface area contributed by atoms with Crippen molar-refractivity contribution in [3.05, 3.63) is 60.4 Å². The van der Waals surface area contributed by atoms with Gasteiger partial charge in [-0.15, -0.1) is 0 Å². The van der Waals surface area contributed by atoms with Gasteiger partial charge in [0.1, 0.15) is 6.33 Å². The van der Waals surface area contributed by atoms with Crippen molar-refractivity contribution in [3.8, 4) is 17.2 Å². The highest BCUT2D eigenvalue weighted by atomic mass is 16.7. The summed E-state index contributed by atoms with van der Waals surface area (Å²) in [6, 6.07) is 16.2. The summed E-state index contributed by atoms with van der Waals surface area (Å²) in [4.78, 5) is 18.4. The number of hydrogen-bond donors (Lipinski definition) is 1. The monoisotopic (exact) mass is 429 g/mol. The second-order valence-corrected chi connectivity index (χ2v) is 7.98. The Kier molecular flexibility index (Phi) is 4.53. The number of anilines is 2. The van der Waals surface area contributed by atoms with Crippen molar-refractivity contribution < 1.29 is 9.47 Å². The molecule has 0 amide bonds. The van der Waals surface area contributed by atoms with Crippen molar-refractivity contribution in [2.45, 2.75) is 6.54 Å². The van der Waals surface area contributed by atoms with E-state index in [-0.39, 0.29) is 0 Å². The van der Waals surface area contributed by atoms with Crippen LogP contribution in [0.4, 0.5) is 11.8 Å². The van der Waals surface area contributed by atoms with Crippen LogP contribution >= 0.6 is 0 Å². The van der Waals surface area contributed by atoms with Crippen molar-refractivity contribution in [3.63, 3.8) is 0 Å². The molecular formula is C23H23N7O2. The number of aromatic nitrogens is 4. The Morgan fingerprint density at radius 1 is 0.906 bits per heavy atom. The van der Waals surface area contributed by atoms with Crippen LogP contribution < -0.4 is 20.1 Å². The Hall–Kier alpha value is -3.85. The maximum atomic E-state index is 6.24. The Morgan fingerprint density at radius 2 is 1.72 bits per heavy atom. The Bertz CT molecular complexity index is 1270. The number of ether oxygens (including phenoxy) is 2. The van der Waals surface area contributed by atoms with Gasteiger partial charge in [0.25, 0.3) is 0 Å². The molecule has 0 spiro atoms. The standard InChI is InChI=1S/C23H23N7O2/c24-21-20-22(30(14-25-20)17-4-2-1-3-5-17)27-23(26-21)29-10-8-28(9-11-29)13-16-6-7-18-19(12-16)32-15-31-18/h1-7,12,14H,8-11,13,15H2,(H2,24,26,27). The summed E-state index contributed by atoms with van der Waals surface area (Å²) in [7, 11) is 0. The molecule has 32 heavy (non-hydrogen) atoms. The molecule has 2 aromatic carbocycles. The number of para-hydroxylation sites is 1. The van der Waals surface area contributed by atoms with Gasteiger partial charge in [0, 0.05) is 38.4 Å². The SMILES string of the molecule is Nc1nc(N2CCN(Cc3ccc4c(c3)OCO4)CC2)nc2c1ncn2-c1ccccc1. The maximum absolute atomic E-state index is 6.24. The fraction of sp³-hybridized carbons (Fsp3) is 0.261. The normalized spacial score (nSPS) is 16.1. The number of rotatable bonds is 4. The van der Waals surface area contributed by atoms with E-state index in [0.717, 1.165) is 55.6 Å². The predicted octanol–water partition coefficient (Wildman–Crippen LogP) is 2.45. The molecule has 0 saturated carbocycles. The summed E-state index contributed by atoms with van der Waals surface area (Å²) in [5.41, 5.74) is 9.80. The largest absolute Gasteiger partial charge is 0.454 e. The lowest BCUT2D eigenvalue weighted by Gasteiger charge is -2.34. The molecule has 9 heteroatoms. The van der Waals surface area contributed by atoms with E-state index in [2.05, 4.69) is 31.9 Å². The predicted molar refractivity (Wildman–Crippen MR) is 121 cm³/mol. The molecule has 0 radical (unpaired) electrons. The van der Waals surface area contributed by atoms with Crippen LogP contribution in [0.2, 0.25) is 0 Å². The van der Waals surface area contributed by atoms with Crippen molar-refractivity contribution in [1.82, 2.24) is 24.4 Å². The molecule has 0 atom stereocenters. The van der Waals surface area contributed by atoms with E-state index in [1.165, 1.54) is 5.56 Å². The van der Waals surface area contributed by atoms with Gasteiger partial charge in [-0.2, -0.15) is 9.97 Å². The van der Waals surface area contributed by atoms with Crippen LogP contribution in [0.1, 0.15) is 5.56 Å². The smallest absolute Gasteiger partial charge is 0.231 e. The summed E-state index contributed by atoms with van der Waals surface area (Å²) in [6.45, 7) is 4.65. The lowest BCUT2D eigenvalue weighted by atomic mass is 10.1. The lowest BCUT2D eigenvalue weighted by Crippen LogP contribution is -2.46. The van der Waals surface area contributed by atoms with Crippen LogP contribution in [-0.4, -0.2) is 57.4 Å². The Morgan fingerprint density at radius 3 is 2.56 bits per heavy atom. The minimum absolute atomic E-state index is 0.300. The van der Waals surface area contributed by atoms with E-state index in [4.69, 9.17) is 20.2 Å². The van der Waals surface area contributed by atoms with E-state index in [1.807, 2.05) is 41.0 Å². The van der Waals surface area contributed by atoms with Gasteiger partial charge in [-0.25, -0.2) is 4.98 Å². The van der Waals surface area contributed by atoms with Gasteiger partial charge in [-0.1, -0.05) is 24.3 Å². The zero-order valence-electron chi connectivity index (χ0n) is 17.5. The van der Waals surface area contributed by atoms with Crippen molar-refractivity contribution in [2.75, 3.05) is 43.6 Å².